The van der Waals surface area contributed by atoms with E-state index in [9.17, 15) is 4.79 Å². The number of amides is 2. The molecule has 5 nitrogen and oxygen atoms in total. The summed E-state index contributed by atoms with van der Waals surface area (Å²) in [6.07, 6.45) is 1.02. The van der Waals surface area contributed by atoms with Gasteiger partial charge in [0.15, 0.2) is 0 Å². The molecule has 2 N–H and O–H groups in total. The molecule has 1 saturated heterocycles. The van der Waals surface area contributed by atoms with Crippen molar-refractivity contribution in [3.8, 4) is 0 Å². The predicted octanol–water partition coefficient (Wildman–Crippen LogP) is -0.449. The quantitative estimate of drug-likeness (QED) is 0.669. The Morgan fingerprint density at radius 3 is 2.93 bits per heavy atom. The van der Waals surface area contributed by atoms with Crippen molar-refractivity contribution in [3.05, 3.63) is 0 Å². The minimum absolute atomic E-state index is 0.0419. The largest absolute Gasteiger partial charge is 0.341 e. The number of nitrogens with one attached hydrogen (secondary N) is 2. The Bertz CT molecular complexity index is 208. The van der Waals surface area contributed by atoms with E-state index in [1.54, 1.807) is 7.05 Å². The summed E-state index contributed by atoms with van der Waals surface area (Å²) in [7, 11) is 5.80. The zero-order valence-corrected chi connectivity index (χ0v) is 9.92. The number of urea groups is 1. The van der Waals surface area contributed by atoms with Gasteiger partial charge in [-0.25, -0.2) is 4.79 Å². The highest BCUT2D eigenvalue weighted by Crippen LogP contribution is 2.07. The van der Waals surface area contributed by atoms with Crippen molar-refractivity contribution in [3.63, 3.8) is 0 Å². The zero-order valence-electron chi connectivity index (χ0n) is 9.92. The normalized spacial score (nSPS) is 21.9. The third-order valence-electron chi connectivity index (χ3n) is 2.73. The van der Waals surface area contributed by atoms with E-state index in [1.165, 1.54) is 0 Å². The number of rotatable bonds is 3. The molecular formula is C10H22N4O. The summed E-state index contributed by atoms with van der Waals surface area (Å²) in [6, 6.07) is 0.362. The molecule has 1 aliphatic rings. The van der Waals surface area contributed by atoms with E-state index in [-0.39, 0.29) is 6.03 Å². The van der Waals surface area contributed by atoms with Crippen LogP contribution in [0.25, 0.3) is 0 Å². The first-order valence-electron chi connectivity index (χ1n) is 5.49. The first-order valence-corrected chi connectivity index (χ1v) is 5.49. The predicted molar refractivity (Wildman–Crippen MR) is 61.0 cm³/mol. The fourth-order valence-corrected chi connectivity index (χ4v) is 1.84. The van der Waals surface area contributed by atoms with Crippen LogP contribution < -0.4 is 10.6 Å². The zero-order chi connectivity index (χ0) is 11.3. The lowest BCUT2D eigenvalue weighted by Crippen LogP contribution is -2.56. The maximum Gasteiger partial charge on any atom is 0.317 e. The molecule has 0 bridgehead atoms. The lowest BCUT2D eigenvalue weighted by molar-refractivity contribution is 0.150. The van der Waals surface area contributed by atoms with Gasteiger partial charge in [0.2, 0.25) is 0 Å². The fourth-order valence-electron chi connectivity index (χ4n) is 1.84. The van der Waals surface area contributed by atoms with Gasteiger partial charge in [-0.3, -0.25) is 0 Å². The number of nitrogens with zero attached hydrogens (tertiary/aromatic N) is 2. The Morgan fingerprint density at radius 1 is 1.60 bits per heavy atom. The molecule has 1 aliphatic heterocycles. The molecule has 1 fully saturated rings. The molecule has 2 amide bonds. The summed E-state index contributed by atoms with van der Waals surface area (Å²) < 4.78 is 0. The number of hydrogen-bond acceptors (Lipinski definition) is 3. The van der Waals surface area contributed by atoms with Crippen LogP contribution in [0, 0.1) is 0 Å². The average Bonchev–Trinajstić information content (AvgIpc) is 2.25. The molecule has 15 heavy (non-hydrogen) atoms. The number of hydrogen-bond donors (Lipinski definition) is 2. The van der Waals surface area contributed by atoms with Crippen LogP contribution in [0.1, 0.15) is 6.42 Å². The molecule has 0 spiro atoms. The maximum atomic E-state index is 11.6. The third kappa shape index (κ3) is 3.68. The van der Waals surface area contributed by atoms with Crippen molar-refractivity contribution < 1.29 is 4.79 Å². The lowest BCUT2D eigenvalue weighted by atomic mass is 10.1. The second-order valence-electron chi connectivity index (χ2n) is 4.20. The Kier molecular flexibility index (Phi) is 4.84. The summed E-state index contributed by atoms with van der Waals surface area (Å²) in [5.41, 5.74) is 0. The molecule has 88 valence electrons. The van der Waals surface area contributed by atoms with Crippen LogP contribution in [0.5, 0.6) is 0 Å². The third-order valence-corrected chi connectivity index (χ3v) is 2.73. The van der Waals surface area contributed by atoms with Crippen LogP contribution >= 0.6 is 0 Å². The van der Waals surface area contributed by atoms with Gasteiger partial charge in [-0.15, -0.1) is 0 Å². The molecule has 1 unspecified atom stereocenters. The van der Waals surface area contributed by atoms with E-state index in [0.717, 1.165) is 32.6 Å². The van der Waals surface area contributed by atoms with Gasteiger partial charge in [-0.05, 0) is 27.1 Å². The number of piperazine rings is 1. The Hall–Kier alpha value is -0.810. The number of carbonyl (C=O) groups is 1. The minimum Gasteiger partial charge on any atom is -0.341 e. The first kappa shape index (κ1) is 12.3. The van der Waals surface area contributed by atoms with E-state index in [1.807, 2.05) is 4.90 Å². The van der Waals surface area contributed by atoms with Crippen molar-refractivity contribution in [2.75, 3.05) is 47.3 Å². The summed E-state index contributed by atoms with van der Waals surface area (Å²) in [4.78, 5) is 15.7. The lowest BCUT2D eigenvalue weighted by Gasteiger charge is -2.36. The molecule has 0 aromatic carbocycles. The smallest absolute Gasteiger partial charge is 0.317 e. The highest BCUT2D eigenvalue weighted by atomic mass is 16.2. The molecule has 5 heteroatoms. The van der Waals surface area contributed by atoms with Crippen LogP contribution in [0.4, 0.5) is 4.79 Å². The van der Waals surface area contributed by atoms with Crippen molar-refractivity contribution >= 4 is 6.03 Å². The second-order valence-corrected chi connectivity index (χ2v) is 4.20. The van der Waals surface area contributed by atoms with Crippen LogP contribution in [-0.4, -0.2) is 69.2 Å². The first-order chi connectivity index (χ1) is 7.15. The van der Waals surface area contributed by atoms with Crippen LogP contribution in [0.15, 0.2) is 0 Å². The van der Waals surface area contributed by atoms with Gasteiger partial charge in [0.25, 0.3) is 0 Å². The molecule has 0 radical (unpaired) electrons. The van der Waals surface area contributed by atoms with E-state index in [4.69, 9.17) is 0 Å². The van der Waals surface area contributed by atoms with Crippen molar-refractivity contribution in [2.45, 2.75) is 12.5 Å². The van der Waals surface area contributed by atoms with Crippen LogP contribution in [-0.2, 0) is 0 Å². The van der Waals surface area contributed by atoms with Gasteiger partial charge in [-0.1, -0.05) is 0 Å². The topological polar surface area (TPSA) is 47.6 Å². The average molecular weight is 214 g/mol. The summed E-state index contributed by atoms with van der Waals surface area (Å²) in [5.74, 6) is 0. The van der Waals surface area contributed by atoms with Gasteiger partial charge in [0.05, 0.1) is 0 Å². The SMILES string of the molecule is CNC(=O)N1CCNCC1CCN(C)C. The Balaban J connectivity index is 2.46. The maximum absolute atomic E-state index is 11.6. The van der Waals surface area contributed by atoms with E-state index in [0.29, 0.717) is 6.04 Å². The molecule has 0 aromatic heterocycles. The van der Waals surface area contributed by atoms with Crippen LogP contribution in [0.2, 0.25) is 0 Å². The van der Waals surface area contributed by atoms with Crippen molar-refractivity contribution in [2.24, 2.45) is 0 Å². The highest BCUT2D eigenvalue weighted by molar-refractivity contribution is 5.74. The van der Waals surface area contributed by atoms with E-state index >= 15 is 0 Å². The Morgan fingerprint density at radius 2 is 2.33 bits per heavy atom. The molecule has 0 aromatic rings. The molecule has 1 heterocycles. The highest BCUT2D eigenvalue weighted by Gasteiger charge is 2.25. The minimum atomic E-state index is 0.0419. The monoisotopic (exact) mass is 214 g/mol. The Labute approximate surface area is 91.8 Å². The molecule has 0 aliphatic carbocycles. The summed E-state index contributed by atoms with van der Waals surface area (Å²) >= 11 is 0. The van der Waals surface area contributed by atoms with E-state index < -0.39 is 0 Å². The van der Waals surface area contributed by atoms with Gasteiger partial charge >= 0.3 is 6.03 Å². The molecular weight excluding hydrogens is 192 g/mol. The second kappa shape index (κ2) is 5.92. The van der Waals surface area contributed by atoms with Crippen LogP contribution in [0.3, 0.4) is 0 Å². The summed E-state index contributed by atoms with van der Waals surface area (Å²) in [5, 5.41) is 6.03. The number of carbonyl (C=O) groups excluding carboxylic acids is 1. The molecule has 1 atom stereocenters. The standard InChI is InChI=1S/C10H22N4O/c1-11-10(15)14-7-5-12-8-9(14)4-6-13(2)3/h9,12H,4-8H2,1-3H3,(H,11,15). The van der Waals surface area contributed by atoms with Gasteiger partial charge in [-0.2, -0.15) is 0 Å². The van der Waals surface area contributed by atoms with Gasteiger partial charge < -0.3 is 20.4 Å². The summed E-state index contributed by atoms with van der Waals surface area (Å²) in [6.45, 7) is 3.62. The van der Waals surface area contributed by atoms with Crippen molar-refractivity contribution in [1.29, 1.82) is 0 Å². The molecule has 0 saturated carbocycles. The van der Waals surface area contributed by atoms with Gasteiger partial charge in [0.1, 0.15) is 0 Å². The fraction of sp³-hybridized carbons (Fsp3) is 0.900. The van der Waals surface area contributed by atoms with E-state index in [2.05, 4.69) is 29.6 Å². The van der Waals surface area contributed by atoms with Gasteiger partial charge in [0, 0.05) is 32.7 Å². The molecule has 1 rings (SSSR count). The van der Waals surface area contributed by atoms with Crippen molar-refractivity contribution in [1.82, 2.24) is 20.4 Å².